The average molecular weight is 278 g/mol. The molecule has 7 heteroatoms. The molecule has 0 aromatic carbocycles. The molecule has 90 valence electrons. The second-order valence-electron chi connectivity index (χ2n) is 3.51. The number of pyridine rings is 1. The van der Waals surface area contributed by atoms with Gasteiger partial charge < -0.3 is 0 Å². The molecule has 18 heavy (non-hydrogen) atoms. The van der Waals surface area contributed by atoms with Crippen LogP contribution < -0.4 is 0 Å². The summed E-state index contributed by atoms with van der Waals surface area (Å²) in [6.45, 7) is 0. The lowest BCUT2D eigenvalue weighted by Crippen LogP contribution is -1.96. The predicted molar refractivity (Wildman–Crippen MR) is 70.8 cm³/mol. The van der Waals surface area contributed by atoms with Gasteiger partial charge in [0.05, 0.1) is 5.03 Å². The summed E-state index contributed by atoms with van der Waals surface area (Å²) in [7, 11) is 0. The molecule has 0 aliphatic heterocycles. The summed E-state index contributed by atoms with van der Waals surface area (Å²) < 4.78 is 1.59. The second kappa shape index (κ2) is 4.55. The van der Waals surface area contributed by atoms with E-state index in [2.05, 4.69) is 20.3 Å². The highest BCUT2D eigenvalue weighted by Gasteiger charge is 2.11. The van der Waals surface area contributed by atoms with Crippen LogP contribution >= 0.6 is 23.4 Å². The van der Waals surface area contributed by atoms with Crippen molar-refractivity contribution in [3.05, 3.63) is 35.5 Å². The van der Waals surface area contributed by atoms with Gasteiger partial charge in [0.1, 0.15) is 10.8 Å². The molecule has 0 bridgehead atoms. The fraction of sp³-hybridized carbons (Fsp3) is 0.0909. The van der Waals surface area contributed by atoms with Crippen LogP contribution in [0.5, 0.6) is 0 Å². The molecule has 0 fully saturated rings. The molecular weight excluding hydrogens is 270 g/mol. The fourth-order valence-electron chi connectivity index (χ4n) is 1.58. The van der Waals surface area contributed by atoms with Gasteiger partial charge in [0.15, 0.2) is 5.65 Å². The van der Waals surface area contributed by atoms with Crippen molar-refractivity contribution >= 4 is 29.0 Å². The molecule has 3 rings (SSSR count). The number of rotatable bonds is 2. The summed E-state index contributed by atoms with van der Waals surface area (Å²) in [5.74, 6) is 0.586. The first-order chi connectivity index (χ1) is 8.78. The van der Waals surface area contributed by atoms with Crippen molar-refractivity contribution in [1.29, 1.82) is 0 Å². The molecule has 0 saturated carbocycles. The summed E-state index contributed by atoms with van der Waals surface area (Å²) in [6.07, 6.45) is 1.98. The van der Waals surface area contributed by atoms with Crippen LogP contribution in [-0.2, 0) is 0 Å². The number of nitrogens with zero attached hydrogens (tertiary/aromatic N) is 5. The Morgan fingerprint density at radius 1 is 1.17 bits per heavy atom. The Labute approximate surface area is 112 Å². The summed E-state index contributed by atoms with van der Waals surface area (Å²) in [4.78, 5) is 4.47. The smallest absolute Gasteiger partial charge is 0.203 e. The Bertz CT molecular complexity index is 711. The summed E-state index contributed by atoms with van der Waals surface area (Å²) >= 11 is 7.46. The normalized spacial score (nSPS) is 11.0. The molecule has 3 aromatic heterocycles. The zero-order valence-corrected chi connectivity index (χ0v) is 11.0. The molecule has 3 aromatic rings. The van der Waals surface area contributed by atoms with E-state index in [0.29, 0.717) is 16.6 Å². The average Bonchev–Trinajstić information content (AvgIpc) is 2.81. The summed E-state index contributed by atoms with van der Waals surface area (Å²) in [5.41, 5.74) is 1.37. The first kappa shape index (κ1) is 11.4. The quantitative estimate of drug-likeness (QED) is 0.674. The van der Waals surface area contributed by atoms with E-state index >= 15 is 0 Å². The lowest BCUT2D eigenvalue weighted by Gasteiger charge is -2.00. The third-order valence-corrected chi connectivity index (χ3v) is 3.24. The van der Waals surface area contributed by atoms with Crippen LogP contribution in [0.4, 0.5) is 0 Å². The van der Waals surface area contributed by atoms with Gasteiger partial charge in [-0.1, -0.05) is 17.7 Å². The van der Waals surface area contributed by atoms with E-state index < -0.39 is 0 Å². The number of halogens is 1. The van der Waals surface area contributed by atoms with Crippen LogP contribution in [0, 0.1) is 0 Å². The Hall–Kier alpha value is -1.66. The summed E-state index contributed by atoms with van der Waals surface area (Å²) in [5, 5.41) is 13.6. The predicted octanol–water partition coefficient (Wildman–Crippen LogP) is 2.56. The van der Waals surface area contributed by atoms with Crippen molar-refractivity contribution in [1.82, 2.24) is 24.8 Å². The Kier molecular flexibility index (Phi) is 2.89. The van der Waals surface area contributed by atoms with Crippen molar-refractivity contribution < 1.29 is 0 Å². The largest absolute Gasteiger partial charge is 0.238 e. The highest BCUT2D eigenvalue weighted by molar-refractivity contribution is 7.98. The molecular formula is C11H8ClN5S. The Morgan fingerprint density at radius 3 is 2.89 bits per heavy atom. The van der Waals surface area contributed by atoms with Gasteiger partial charge in [0.2, 0.25) is 5.82 Å². The van der Waals surface area contributed by atoms with Crippen molar-refractivity contribution in [2.45, 2.75) is 5.03 Å². The third kappa shape index (κ3) is 1.93. The molecule has 3 heterocycles. The highest BCUT2D eigenvalue weighted by Crippen LogP contribution is 2.19. The highest BCUT2D eigenvalue weighted by atomic mass is 35.5. The van der Waals surface area contributed by atoms with Crippen LogP contribution in [-0.4, -0.2) is 31.1 Å². The molecule has 0 spiro atoms. The standard InChI is InChI=1S/C11H8ClN5S/c1-18-10-4-2-3-7(13-10)11-15-14-9-6-5-8(12)16-17(9)11/h2-6H,1H3. The number of aromatic nitrogens is 5. The Balaban J connectivity index is 2.21. The van der Waals surface area contributed by atoms with Gasteiger partial charge in [-0.15, -0.1) is 22.0 Å². The van der Waals surface area contributed by atoms with Gasteiger partial charge in [-0.05, 0) is 30.5 Å². The van der Waals surface area contributed by atoms with Crippen LogP contribution in [0.3, 0.4) is 0 Å². The van der Waals surface area contributed by atoms with Crippen LogP contribution in [0.1, 0.15) is 0 Å². The molecule has 5 nitrogen and oxygen atoms in total. The van der Waals surface area contributed by atoms with Crippen molar-refractivity contribution in [2.24, 2.45) is 0 Å². The van der Waals surface area contributed by atoms with E-state index in [0.717, 1.165) is 10.7 Å². The number of hydrogen-bond donors (Lipinski definition) is 0. The van der Waals surface area contributed by atoms with Crippen molar-refractivity contribution in [3.8, 4) is 11.5 Å². The van der Waals surface area contributed by atoms with Gasteiger partial charge in [-0.3, -0.25) is 0 Å². The maximum Gasteiger partial charge on any atom is 0.203 e. The molecule has 0 N–H and O–H groups in total. The first-order valence-corrected chi connectivity index (χ1v) is 6.77. The van der Waals surface area contributed by atoms with E-state index in [1.807, 2.05) is 24.5 Å². The van der Waals surface area contributed by atoms with E-state index in [9.17, 15) is 0 Å². The van der Waals surface area contributed by atoms with Gasteiger partial charge in [-0.2, -0.15) is 9.61 Å². The first-order valence-electron chi connectivity index (χ1n) is 5.17. The number of thioether (sulfide) groups is 1. The minimum Gasteiger partial charge on any atom is -0.238 e. The van der Waals surface area contributed by atoms with Crippen LogP contribution in [0.2, 0.25) is 5.15 Å². The molecule has 0 unspecified atom stereocenters. The van der Waals surface area contributed by atoms with E-state index in [1.54, 1.807) is 28.4 Å². The van der Waals surface area contributed by atoms with E-state index in [4.69, 9.17) is 11.6 Å². The lowest BCUT2D eigenvalue weighted by molar-refractivity contribution is 0.925. The monoisotopic (exact) mass is 277 g/mol. The van der Waals surface area contributed by atoms with E-state index in [-0.39, 0.29) is 0 Å². The minimum atomic E-state index is 0.393. The lowest BCUT2D eigenvalue weighted by atomic mass is 10.3. The molecule has 0 amide bonds. The van der Waals surface area contributed by atoms with Crippen molar-refractivity contribution in [3.63, 3.8) is 0 Å². The number of hydrogen-bond acceptors (Lipinski definition) is 5. The third-order valence-electron chi connectivity index (χ3n) is 2.39. The second-order valence-corrected chi connectivity index (χ2v) is 4.73. The summed E-state index contributed by atoms with van der Waals surface area (Å²) in [6, 6.07) is 9.20. The van der Waals surface area contributed by atoms with Crippen LogP contribution in [0.25, 0.3) is 17.2 Å². The molecule has 0 atom stereocenters. The topological polar surface area (TPSA) is 56.0 Å². The minimum absolute atomic E-state index is 0.393. The fourth-order valence-corrected chi connectivity index (χ4v) is 2.12. The van der Waals surface area contributed by atoms with E-state index in [1.165, 1.54) is 0 Å². The zero-order chi connectivity index (χ0) is 12.5. The van der Waals surface area contributed by atoms with Crippen LogP contribution in [0.15, 0.2) is 35.4 Å². The SMILES string of the molecule is CSc1cccc(-c2nnc3ccc(Cl)nn23)n1. The Morgan fingerprint density at radius 2 is 2.06 bits per heavy atom. The molecule has 0 radical (unpaired) electrons. The maximum absolute atomic E-state index is 5.88. The maximum atomic E-state index is 5.88. The van der Waals surface area contributed by atoms with Gasteiger partial charge in [-0.25, -0.2) is 4.98 Å². The number of fused-ring (bicyclic) bond motifs is 1. The zero-order valence-electron chi connectivity index (χ0n) is 9.41. The molecule has 0 aliphatic carbocycles. The van der Waals surface area contributed by atoms with Gasteiger partial charge in [0, 0.05) is 0 Å². The van der Waals surface area contributed by atoms with Gasteiger partial charge in [0.25, 0.3) is 0 Å². The van der Waals surface area contributed by atoms with Crippen molar-refractivity contribution in [2.75, 3.05) is 6.26 Å². The van der Waals surface area contributed by atoms with Gasteiger partial charge >= 0.3 is 0 Å². The molecule has 0 saturated heterocycles. The molecule has 0 aliphatic rings.